The lowest BCUT2D eigenvalue weighted by Gasteiger charge is -2.36. The zero-order valence-corrected chi connectivity index (χ0v) is 38.3. The van der Waals surface area contributed by atoms with Crippen LogP contribution in [0.4, 0.5) is 46.5 Å². The Morgan fingerprint density at radius 3 is 1.09 bits per heavy atom. The summed E-state index contributed by atoms with van der Waals surface area (Å²) in [6.45, 7) is 6.68. The third-order valence-electron chi connectivity index (χ3n) is 10.7. The molecule has 2 aliphatic heterocycles. The van der Waals surface area contributed by atoms with Crippen molar-refractivity contribution in [2.75, 3.05) is 62.2 Å². The highest BCUT2D eigenvalue weighted by Crippen LogP contribution is 2.38. The molecule has 348 valence electrons. The predicted octanol–water partition coefficient (Wildman–Crippen LogP) is 13.0. The van der Waals surface area contributed by atoms with Crippen LogP contribution in [0.15, 0.2) is 122 Å². The van der Waals surface area contributed by atoms with Gasteiger partial charge in [0.05, 0.1) is 21.2 Å². The standard InChI is InChI=1S/2C23H20ClF4N3.3ClH/c2*24-22-6-5-20(12-21(22)23(26,27)28)31-9-7-30(8-10-31)15-16-11-18(14-29-13-16)17-1-3-19(25)4-2-17;;;/h2*1-6,11-14H,7-10,15H2;3*1H. The molecule has 0 unspecified atom stereocenters. The molecular weight excluding hydrogens is 966 g/mol. The maximum Gasteiger partial charge on any atom is 0.417 e. The molecule has 6 aromatic rings. The first-order chi connectivity index (χ1) is 29.6. The summed E-state index contributed by atoms with van der Waals surface area (Å²) < 4.78 is 105. The molecule has 19 heteroatoms. The van der Waals surface area contributed by atoms with Gasteiger partial charge in [-0.3, -0.25) is 19.8 Å². The first-order valence-corrected chi connectivity index (χ1v) is 20.4. The van der Waals surface area contributed by atoms with Crippen LogP contribution in [0.3, 0.4) is 0 Å². The lowest BCUT2D eigenvalue weighted by Crippen LogP contribution is -2.46. The summed E-state index contributed by atoms with van der Waals surface area (Å²) in [5.41, 5.74) is 5.10. The maximum absolute atomic E-state index is 13.2. The van der Waals surface area contributed by atoms with Gasteiger partial charge in [-0.15, -0.1) is 37.2 Å². The third-order valence-corrected chi connectivity index (χ3v) is 11.4. The van der Waals surface area contributed by atoms with Crippen molar-refractivity contribution in [3.63, 3.8) is 0 Å². The fourth-order valence-electron chi connectivity index (χ4n) is 7.45. The van der Waals surface area contributed by atoms with Crippen LogP contribution in [0.5, 0.6) is 0 Å². The van der Waals surface area contributed by atoms with E-state index in [0.717, 1.165) is 45.5 Å². The van der Waals surface area contributed by atoms with E-state index < -0.39 is 23.5 Å². The van der Waals surface area contributed by atoms with E-state index in [1.54, 1.807) is 61.2 Å². The van der Waals surface area contributed by atoms with E-state index in [0.29, 0.717) is 76.8 Å². The van der Waals surface area contributed by atoms with Gasteiger partial charge in [0.2, 0.25) is 0 Å². The summed E-state index contributed by atoms with van der Waals surface area (Å²) in [7, 11) is 0. The van der Waals surface area contributed by atoms with Crippen LogP contribution in [0.2, 0.25) is 10.0 Å². The van der Waals surface area contributed by atoms with Crippen molar-refractivity contribution in [1.29, 1.82) is 0 Å². The highest BCUT2D eigenvalue weighted by molar-refractivity contribution is 6.31. The zero-order valence-electron chi connectivity index (χ0n) is 34.3. The summed E-state index contributed by atoms with van der Waals surface area (Å²) in [4.78, 5) is 17.0. The summed E-state index contributed by atoms with van der Waals surface area (Å²) in [5.74, 6) is -0.567. The summed E-state index contributed by atoms with van der Waals surface area (Å²) >= 11 is 11.5. The average Bonchev–Trinajstić information content (AvgIpc) is 3.25. The van der Waals surface area contributed by atoms with Gasteiger partial charge >= 0.3 is 12.4 Å². The smallest absolute Gasteiger partial charge is 0.369 e. The van der Waals surface area contributed by atoms with Gasteiger partial charge < -0.3 is 9.80 Å². The minimum Gasteiger partial charge on any atom is -0.369 e. The minimum absolute atomic E-state index is 0. The van der Waals surface area contributed by atoms with Gasteiger partial charge in [-0.25, -0.2) is 8.78 Å². The Morgan fingerprint density at radius 2 is 0.769 bits per heavy atom. The van der Waals surface area contributed by atoms with Gasteiger partial charge in [-0.05, 0) is 95.1 Å². The van der Waals surface area contributed by atoms with Gasteiger partial charge in [0.1, 0.15) is 11.6 Å². The van der Waals surface area contributed by atoms with Crippen molar-refractivity contribution < 1.29 is 35.1 Å². The van der Waals surface area contributed by atoms with Crippen molar-refractivity contribution in [2.24, 2.45) is 0 Å². The van der Waals surface area contributed by atoms with Crippen LogP contribution in [0.25, 0.3) is 22.3 Å². The first-order valence-electron chi connectivity index (χ1n) is 19.7. The molecule has 0 spiro atoms. The van der Waals surface area contributed by atoms with Crippen LogP contribution in [-0.4, -0.2) is 72.1 Å². The van der Waals surface area contributed by atoms with E-state index >= 15 is 0 Å². The fourth-order valence-corrected chi connectivity index (χ4v) is 7.90. The van der Waals surface area contributed by atoms with Crippen molar-refractivity contribution in [1.82, 2.24) is 19.8 Å². The Morgan fingerprint density at radius 1 is 0.431 bits per heavy atom. The Hall–Kier alpha value is -4.41. The molecule has 0 bridgehead atoms. The van der Waals surface area contributed by atoms with Gasteiger partial charge in [-0.2, -0.15) is 26.3 Å². The second-order valence-corrected chi connectivity index (χ2v) is 15.8. The molecule has 0 amide bonds. The molecule has 0 aliphatic carbocycles. The van der Waals surface area contributed by atoms with Crippen LogP contribution in [0.1, 0.15) is 22.3 Å². The van der Waals surface area contributed by atoms with E-state index in [1.165, 1.54) is 36.4 Å². The molecule has 2 aromatic heterocycles. The van der Waals surface area contributed by atoms with Crippen LogP contribution in [0, 0.1) is 11.6 Å². The lowest BCUT2D eigenvalue weighted by atomic mass is 10.1. The molecule has 2 saturated heterocycles. The number of pyridine rings is 2. The Labute approximate surface area is 400 Å². The number of nitrogens with zero attached hydrogens (tertiary/aromatic N) is 6. The largest absolute Gasteiger partial charge is 0.417 e. The van der Waals surface area contributed by atoms with Gasteiger partial charge in [0.15, 0.2) is 0 Å². The van der Waals surface area contributed by atoms with E-state index in [4.69, 9.17) is 23.2 Å². The normalized spacial score (nSPS) is 14.6. The molecule has 0 saturated carbocycles. The molecule has 4 aromatic carbocycles. The molecule has 2 aliphatic rings. The van der Waals surface area contributed by atoms with Crippen LogP contribution < -0.4 is 9.80 Å². The van der Waals surface area contributed by atoms with E-state index in [2.05, 4.69) is 19.8 Å². The molecule has 8 rings (SSSR count). The number of hydrogen-bond donors (Lipinski definition) is 0. The fraction of sp³-hybridized carbons (Fsp3) is 0.261. The van der Waals surface area contributed by atoms with Crippen LogP contribution >= 0.6 is 60.4 Å². The van der Waals surface area contributed by atoms with E-state index in [-0.39, 0.29) is 58.9 Å². The first kappa shape index (κ1) is 53.2. The number of aromatic nitrogens is 2. The molecule has 6 nitrogen and oxygen atoms in total. The SMILES string of the molecule is Cl.Cl.Cl.Fc1ccc(-c2cncc(CN3CCN(c4ccc(Cl)c(C(F)(F)F)c4)CC3)c2)cc1.Fc1ccc(-c2cncc(CN3CCN(c4ccc(Cl)c(C(F)(F)F)c4)CC3)c2)cc1. The summed E-state index contributed by atoms with van der Waals surface area (Å²) in [6, 6.07) is 24.7. The monoisotopic (exact) mass is 1010 g/mol. The Kier molecular flexibility index (Phi) is 19.1. The molecule has 0 radical (unpaired) electrons. The number of rotatable bonds is 8. The maximum atomic E-state index is 13.2. The Balaban J connectivity index is 0.000000272. The van der Waals surface area contributed by atoms with E-state index in [1.807, 2.05) is 21.9 Å². The molecule has 0 N–H and O–H groups in total. The molecule has 65 heavy (non-hydrogen) atoms. The third kappa shape index (κ3) is 14.3. The number of piperazine rings is 2. The summed E-state index contributed by atoms with van der Waals surface area (Å²) in [6.07, 6.45) is -1.86. The highest BCUT2D eigenvalue weighted by Gasteiger charge is 2.35. The highest BCUT2D eigenvalue weighted by atomic mass is 35.5. The number of halogens is 13. The number of alkyl halides is 6. The van der Waals surface area contributed by atoms with Gasteiger partial charge in [0, 0.05) is 113 Å². The quantitative estimate of drug-likeness (QED) is 0.142. The topological polar surface area (TPSA) is 38.7 Å². The Bertz CT molecular complexity index is 2270. The zero-order chi connectivity index (χ0) is 44.0. The molecule has 4 heterocycles. The van der Waals surface area contributed by atoms with Crippen molar-refractivity contribution in [3.8, 4) is 22.3 Å². The average molecular weight is 1010 g/mol. The van der Waals surface area contributed by atoms with Crippen molar-refractivity contribution >= 4 is 71.8 Å². The second kappa shape index (κ2) is 23.4. The van der Waals surface area contributed by atoms with Gasteiger partial charge in [0.25, 0.3) is 0 Å². The van der Waals surface area contributed by atoms with Crippen molar-refractivity contribution in [3.05, 3.63) is 166 Å². The molecule has 0 atom stereocenters. The number of benzene rings is 4. The number of anilines is 2. The van der Waals surface area contributed by atoms with Gasteiger partial charge in [-0.1, -0.05) is 47.5 Å². The van der Waals surface area contributed by atoms with E-state index in [9.17, 15) is 35.1 Å². The second-order valence-electron chi connectivity index (χ2n) is 15.0. The number of hydrogen-bond acceptors (Lipinski definition) is 6. The van der Waals surface area contributed by atoms with Crippen molar-refractivity contribution in [2.45, 2.75) is 25.4 Å². The molecular formula is C46H43Cl5F8N6. The molecule has 2 fully saturated rings. The van der Waals surface area contributed by atoms with Crippen LogP contribution in [-0.2, 0) is 25.4 Å². The summed E-state index contributed by atoms with van der Waals surface area (Å²) in [5, 5.41) is -0.577. The lowest BCUT2D eigenvalue weighted by molar-refractivity contribution is -0.138. The minimum atomic E-state index is -4.47. The predicted molar refractivity (Wildman–Crippen MR) is 249 cm³/mol.